The Bertz CT molecular complexity index is 534. The van der Waals surface area contributed by atoms with Gasteiger partial charge in [-0.05, 0) is 16.7 Å². The lowest BCUT2D eigenvalue weighted by Crippen LogP contribution is -2.04. The predicted molar refractivity (Wildman–Crippen MR) is 76.3 cm³/mol. The fourth-order valence-corrected chi connectivity index (χ4v) is 2.15. The molecule has 0 fully saturated rings. The Morgan fingerprint density at radius 3 is 2.21 bits per heavy atom. The molecule has 2 aromatic rings. The fraction of sp³-hybridized carbons (Fsp3) is 0.188. The summed E-state index contributed by atoms with van der Waals surface area (Å²) in [6.45, 7) is 0. The van der Waals surface area contributed by atoms with Crippen LogP contribution in [0.5, 0.6) is 0 Å². The number of esters is 1. The summed E-state index contributed by atoms with van der Waals surface area (Å²) in [6.07, 6.45) is 0.287. The minimum absolute atomic E-state index is 0.173. The Balaban J connectivity index is 2.12. The van der Waals surface area contributed by atoms with Crippen molar-refractivity contribution in [2.75, 3.05) is 7.11 Å². The SMILES string of the molecule is COC(=O)Cc1ccc(C(Cl)c2ccccc2)cc1. The molecule has 2 nitrogen and oxygen atoms in total. The number of benzene rings is 2. The third-order valence-electron chi connectivity index (χ3n) is 2.94. The van der Waals surface area contributed by atoms with E-state index in [-0.39, 0.29) is 17.8 Å². The van der Waals surface area contributed by atoms with Crippen molar-refractivity contribution in [1.82, 2.24) is 0 Å². The van der Waals surface area contributed by atoms with Crippen LogP contribution in [-0.2, 0) is 16.0 Å². The first-order valence-electron chi connectivity index (χ1n) is 6.05. The molecule has 0 aliphatic carbocycles. The lowest BCUT2D eigenvalue weighted by Gasteiger charge is -2.10. The van der Waals surface area contributed by atoms with Crippen molar-refractivity contribution >= 4 is 17.6 Å². The normalized spacial score (nSPS) is 11.9. The topological polar surface area (TPSA) is 26.3 Å². The Morgan fingerprint density at radius 1 is 1.05 bits per heavy atom. The van der Waals surface area contributed by atoms with E-state index in [1.54, 1.807) is 0 Å². The van der Waals surface area contributed by atoms with Gasteiger partial charge in [-0.15, -0.1) is 11.6 Å². The number of carbonyl (C=O) groups excluding carboxylic acids is 1. The maximum Gasteiger partial charge on any atom is 0.309 e. The molecule has 0 saturated heterocycles. The minimum atomic E-state index is -0.238. The molecule has 0 bridgehead atoms. The van der Waals surface area contributed by atoms with E-state index in [1.807, 2.05) is 54.6 Å². The van der Waals surface area contributed by atoms with Crippen LogP contribution in [0.15, 0.2) is 54.6 Å². The molecule has 3 heteroatoms. The van der Waals surface area contributed by atoms with Crippen LogP contribution in [0.1, 0.15) is 22.1 Å². The van der Waals surface area contributed by atoms with Gasteiger partial charge in [0.15, 0.2) is 0 Å². The first-order valence-corrected chi connectivity index (χ1v) is 6.49. The van der Waals surface area contributed by atoms with E-state index < -0.39 is 0 Å². The van der Waals surface area contributed by atoms with Gasteiger partial charge >= 0.3 is 5.97 Å². The molecule has 0 radical (unpaired) electrons. The van der Waals surface area contributed by atoms with Gasteiger partial charge < -0.3 is 4.74 Å². The van der Waals surface area contributed by atoms with E-state index in [0.717, 1.165) is 16.7 Å². The van der Waals surface area contributed by atoms with Crippen LogP contribution in [0, 0.1) is 0 Å². The van der Waals surface area contributed by atoms with Gasteiger partial charge in [-0.3, -0.25) is 4.79 Å². The van der Waals surface area contributed by atoms with Crippen LogP contribution in [0.25, 0.3) is 0 Å². The number of alkyl halides is 1. The number of halogens is 1. The largest absolute Gasteiger partial charge is 0.469 e. The highest BCUT2D eigenvalue weighted by atomic mass is 35.5. The van der Waals surface area contributed by atoms with Gasteiger partial charge in [-0.25, -0.2) is 0 Å². The van der Waals surface area contributed by atoms with E-state index in [0.29, 0.717) is 0 Å². The number of hydrogen-bond donors (Lipinski definition) is 0. The molecule has 2 rings (SSSR count). The number of methoxy groups -OCH3 is 1. The average molecular weight is 275 g/mol. The van der Waals surface area contributed by atoms with Gasteiger partial charge in [0.2, 0.25) is 0 Å². The molecular weight excluding hydrogens is 260 g/mol. The van der Waals surface area contributed by atoms with E-state index in [9.17, 15) is 4.79 Å². The number of carbonyl (C=O) groups is 1. The minimum Gasteiger partial charge on any atom is -0.469 e. The van der Waals surface area contributed by atoms with Crippen LogP contribution in [0.4, 0.5) is 0 Å². The van der Waals surface area contributed by atoms with Crippen molar-refractivity contribution in [3.8, 4) is 0 Å². The molecule has 0 spiro atoms. The van der Waals surface area contributed by atoms with E-state index in [2.05, 4.69) is 4.74 Å². The van der Waals surface area contributed by atoms with Crippen molar-refractivity contribution in [3.63, 3.8) is 0 Å². The highest BCUT2D eigenvalue weighted by Gasteiger charge is 2.10. The second-order valence-corrected chi connectivity index (χ2v) is 4.70. The standard InChI is InChI=1S/C16H15ClO2/c1-19-15(18)11-12-7-9-14(10-8-12)16(17)13-5-3-2-4-6-13/h2-10,16H,11H2,1H3. The van der Waals surface area contributed by atoms with Crippen molar-refractivity contribution < 1.29 is 9.53 Å². The monoisotopic (exact) mass is 274 g/mol. The summed E-state index contributed by atoms with van der Waals surface area (Å²) in [5.41, 5.74) is 3.00. The quantitative estimate of drug-likeness (QED) is 0.627. The van der Waals surface area contributed by atoms with E-state index >= 15 is 0 Å². The highest BCUT2D eigenvalue weighted by Crippen LogP contribution is 2.28. The molecule has 0 aliphatic rings. The lowest BCUT2D eigenvalue weighted by molar-refractivity contribution is -0.139. The van der Waals surface area contributed by atoms with Gasteiger partial charge in [-0.2, -0.15) is 0 Å². The molecule has 0 heterocycles. The zero-order valence-electron chi connectivity index (χ0n) is 10.7. The molecule has 98 valence electrons. The van der Waals surface area contributed by atoms with Crippen molar-refractivity contribution in [1.29, 1.82) is 0 Å². The maximum atomic E-state index is 11.2. The summed E-state index contributed by atoms with van der Waals surface area (Å²) in [7, 11) is 1.39. The van der Waals surface area contributed by atoms with E-state index in [4.69, 9.17) is 11.6 Å². The zero-order chi connectivity index (χ0) is 13.7. The third kappa shape index (κ3) is 3.58. The van der Waals surface area contributed by atoms with Crippen LogP contribution in [0.2, 0.25) is 0 Å². The Morgan fingerprint density at radius 2 is 1.63 bits per heavy atom. The number of ether oxygens (including phenoxy) is 1. The first-order chi connectivity index (χ1) is 9.20. The maximum absolute atomic E-state index is 11.2. The smallest absolute Gasteiger partial charge is 0.309 e. The molecule has 19 heavy (non-hydrogen) atoms. The number of hydrogen-bond acceptors (Lipinski definition) is 2. The second-order valence-electron chi connectivity index (χ2n) is 4.27. The average Bonchev–Trinajstić information content (AvgIpc) is 2.48. The summed E-state index contributed by atoms with van der Waals surface area (Å²) < 4.78 is 4.64. The van der Waals surface area contributed by atoms with Gasteiger partial charge in [-0.1, -0.05) is 54.6 Å². The Labute approximate surface area is 118 Å². The molecular formula is C16H15ClO2. The molecule has 0 amide bonds. The lowest BCUT2D eigenvalue weighted by atomic mass is 10.0. The zero-order valence-corrected chi connectivity index (χ0v) is 11.4. The molecule has 0 aliphatic heterocycles. The summed E-state index contributed by atoms with van der Waals surface area (Å²) in [6, 6.07) is 17.6. The summed E-state index contributed by atoms with van der Waals surface area (Å²) in [5.74, 6) is -0.238. The number of rotatable bonds is 4. The molecule has 2 aromatic carbocycles. The molecule has 0 saturated carbocycles. The van der Waals surface area contributed by atoms with Crippen LogP contribution < -0.4 is 0 Å². The van der Waals surface area contributed by atoms with Gasteiger partial charge in [0.05, 0.1) is 18.9 Å². The summed E-state index contributed by atoms with van der Waals surface area (Å²) >= 11 is 6.43. The van der Waals surface area contributed by atoms with Crippen LogP contribution in [-0.4, -0.2) is 13.1 Å². The fourth-order valence-electron chi connectivity index (χ4n) is 1.86. The highest BCUT2D eigenvalue weighted by molar-refractivity contribution is 6.22. The van der Waals surface area contributed by atoms with E-state index in [1.165, 1.54) is 7.11 Å². The predicted octanol–water partition coefficient (Wildman–Crippen LogP) is 3.73. The summed E-state index contributed by atoms with van der Waals surface area (Å²) in [4.78, 5) is 11.2. The molecule has 1 atom stereocenters. The molecule has 0 aromatic heterocycles. The van der Waals surface area contributed by atoms with Crippen molar-refractivity contribution in [2.45, 2.75) is 11.8 Å². The van der Waals surface area contributed by atoms with Gasteiger partial charge in [0.1, 0.15) is 0 Å². The summed E-state index contributed by atoms with van der Waals surface area (Å²) in [5, 5.41) is -0.173. The molecule has 0 N–H and O–H groups in total. The van der Waals surface area contributed by atoms with Gasteiger partial charge in [0.25, 0.3) is 0 Å². The van der Waals surface area contributed by atoms with Gasteiger partial charge in [0, 0.05) is 0 Å². The van der Waals surface area contributed by atoms with Crippen molar-refractivity contribution in [3.05, 3.63) is 71.3 Å². The van der Waals surface area contributed by atoms with Crippen LogP contribution >= 0.6 is 11.6 Å². The molecule has 1 unspecified atom stereocenters. The van der Waals surface area contributed by atoms with Crippen LogP contribution in [0.3, 0.4) is 0 Å². The van der Waals surface area contributed by atoms with Crippen molar-refractivity contribution in [2.24, 2.45) is 0 Å². The first kappa shape index (κ1) is 13.6. The third-order valence-corrected chi connectivity index (χ3v) is 3.44. The Kier molecular flexibility index (Phi) is 4.58. The Hall–Kier alpha value is -1.80. The second kappa shape index (κ2) is 6.39.